The molecule has 2 aromatic rings. The zero-order chi connectivity index (χ0) is 22.9. The van der Waals surface area contributed by atoms with Crippen LogP contribution in [0, 0.1) is 5.92 Å². The normalized spacial score (nSPS) is 18.4. The Hall–Kier alpha value is -2.39. The van der Waals surface area contributed by atoms with Crippen molar-refractivity contribution in [2.75, 3.05) is 19.6 Å². The van der Waals surface area contributed by atoms with E-state index in [4.69, 9.17) is 0 Å². The topological polar surface area (TPSA) is 57.7 Å². The van der Waals surface area contributed by atoms with Crippen LogP contribution in [0.3, 0.4) is 0 Å². The molecule has 0 bridgehead atoms. The summed E-state index contributed by atoms with van der Waals surface area (Å²) in [5.41, 5.74) is 2.46. The van der Waals surface area contributed by atoms with Gasteiger partial charge in [0.2, 0.25) is 10.0 Å². The molecule has 1 amide bonds. The van der Waals surface area contributed by atoms with Gasteiger partial charge >= 0.3 is 12.1 Å². The predicted molar refractivity (Wildman–Crippen MR) is 113 cm³/mol. The van der Waals surface area contributed by atoms with E-state index in [0.717, 1.165) is 29.7 Å². The van der Waals surface area contributed by atoms with Crippen molar-refractivity contribution in [3.63, 3.8) is 0 Å². The molecule has 0 aliphatic carbocycles. The average Bonchev–Trinajstić information content (AvgIpc) is 2.78. The Balaban J connectivity index is 1.44. The number of piperidine rings is 1. The molecule has 0 aromatic heterocycles. The molecule has 0 N–H and O–H groups in total. The Morgan fingerprint density at radius 2 is 1.66 bits per heavy atom. The summed E-state index contributed by atoms with van der Waals surface area (Å²) in [5.74, 6) is -1.48. The lowest BCUT2D eigenvalue weighted by Crippen LogP contribution is -2.43. The van der Waals surface area contributed by atoms with Crippen LogP contribution in [0.15, 0.2) is 53.4 Å². The van der Waals surface area contributed by atoms with Crippen LogP contribution in [0.4, 0.5) is 13.2 Å². The fourth-order valence-electron chi connectivity index (χ4n) is 4.50. The van der Waals surface area contributed by atoms with Crippen molar-refractivity contribution in [2.24, 2.45) is 5.92 Å². The zero-order valence-electron chi connectivity index (χ0n) is 17.5. The summed E-state index contributed by atoms with van der Waals surface area (Å²) in [6.07, 6.45) is -2.25. The fraction of sp³-hybridized carbons (Fsp3) is 0.435. The molecule has 0 unspecified atom stereocenters. The Morgan fingerprint density at radius 3 is 2.31 bits per heavy atom. The van der Waals surface area contributed by atoms with Gasteiger partial charge in [0.05, 0.1) is 4.90 Å². The van der Waals surface area contributed by atoms with E-state index >= 15 is 0 Å². The number of rotatable bonds is 4. The van der Waals surface area contributed by atoms with E-state index < -0.39 is 22.1 Å². The van der Waals surface area contributed by atoms with E-state index in [9.17, 15) is 26.4 Å². The molecule has 0 radical (unpaired) electrons. The van der Waals surface area contributed by atoms with Crippen LogP contribution < -0.4 is 0 Å². The van der Waals surface area contributed by atoms with Gasteiger partial charge in [-0.05, 0) is 60.4 Å². The molecule has 4 rings (SSSR count). The van der Waals surface area contributed by atoms with Crippen molar-refractivity contribution in [3.8, 4) is 0 Å². The lowest BCUT2D eigenvalue weighted by atomic mass is 9.91. The Labute approximate surface area is 185 Å². The second-order valence-electron chi connectivity index (χ2n) is 8.44. The predicted octanol–water partition coefficient (Wildman–Crippen LogP) is 3.78. The maximum Gasteiger partial charge on any atom is 0.471 e. The highest BCUT2D eigenvalue weighted by atomic mass is 32.2. The van der Waals surface area contributed by atoms with Crippen LogP contribution in [0.1, 0.15) is 29.5 Å². The van der Waals surface area contributed by atoms with Crippen LogP contribution in [-0.4, -0.2) is 49.3 Å². The van der Waals surface area contributed by atoms with Gasteiger partial charge in [-0.15, -0.1) is 0 Å². The first-order chi connectivity index (χ1) is 15.1. The van der Waals surface area contributed by atoms with Gasteiger partial charge in [0.15, 0.2) is 0 Å². The van der Waals surface area contributed by atoms with Crippen molar-refractivity contribution in [1.82, 2.24) is 9.21 Å². The molecule has 2 aliphatic rings. The van der Waals surface area contributed by atoms with E-state index in [1.807, 2.05) is 18.2 Å². The molecule has 2 aliphatic heterocycles. The molecule has 2 heterocycles. The fourth-order valence-corrected chi connectivity index (χ4v) is 6.02. The standard InChI is InChI=1S/C23H25F3N2O3S/c24-23(25,26)22(29)27-11-10-19-6-7-21(15-20(19)16-27)32(30,31)28-12-8-18(9-13-28)14-17-4-2-1-3-5-17/h1-7,15,18H,8-14,16H2. The van der Waals surface area contributed by atoms with Crippen LogP contribution in [0.25, 0.3) is 0 Å². The second-order valence-corrected chi connectivity index (χ2v) is 10.4. The lowest BCUT2D eigenvalue weighted by molar-refractivity contribution is -0.186. The Kier molecular flexibility index (Phi) is 6.31. The zero-order valence-corrected chi connectivity index (χ0v) is 18.3. The first-order valence-electron chi connectivity index (χ1n) is 10.7. The summed E-state index contributed by atoms with van der Waals surface area (Å²) < 4.78 is 66.2. The van der Waals surface area contributed by atoms with Gasteiger partial charge in [0.1, 0.15) is 0 Å². The van der Waals surface area contributed by atoms with Crippen molar-refractivity contribution in [3.05, 3.63) is 65.2 Å². The third-order valence-corrected chi connectivity index (χ3v) is 8.19. The van der Waals surface area contributed by atoms with Crippen molar-refractivity contribution in [1.29, 1.82) is 0 Å². The molecule has 5 nitrogen and oxygen atoms in total. The minimum atomic E-state index is -4.94. The summed E-state index contributed by atoms with van der Waals surface area (Å²) in [5, 5.41) is 0. The smallest absolute Gasteiger partial charge is 0.330 e. The second kappa shape index (κ2) is 8.86. The summed E-state index contributed by atoms with van der Waals surface area (Å²) in [7, 11) is -3.75. The highest BCUT2D eigenvalue weighted by molar-refractivity contribution is 7.89. The number of hydrogen-bond donors (Lipinski definition) is 0. The maximum absolute atomic E-state index is 13.2. The van der Waals surface area contributed by atoms with E-state index in [0.29, 0.717) is 24.6 Å². The minimum Gasteiger partial charge on any atom is -0.330 e. The van der Waals surface area contributed by atoms with Gasteiger partial charge in [-0.25, -0.2) is 8.42 Å². The number of hydrogen-bond acceptors (Lipinski definition) is 3. The summed E-state index contributed by atoms with van der Waals surface area (Å²) in [4.78, 5) is 12.4. The van der Waals surface area contributed by atoms with E-state index in [-0.39, 0.29) is 24.4 Å². The van der Waals surface area contributed by atoms with Crippen molar-refractivity contribution < 1.29 is 26.4 Å². The highest BCUT2D eigenvalue weighted by Crippen LogP contribution is 2.30. The number of nitrogens with zero attached hydrogens (tertiary/aromatic N) is 2. The van der Waals surface area contributed by atoms with E-state index in [2.05, 4.69) is 12.1 Å². The Morgan fingerprint density at radius 1 is 0.969 bits per heavy atom. The van der Waals surface area contributed by atoms with Gasteiger partial charge in [-0.2, -0.15) is 17.5 Å². The molecule has 1 fully saturated rings. The van der Waals surface area contributed by atoms with E-state index in [1.165, 1.54) is 22.0 Å². The monoisotopic (exact) mass is 466 g/mol. The van der Waals surface area contributed by atoms with Gasteiger partial charge in [-0.1, -0.05) is 36.4 Å². The highest BCUT2D eigenvalue weighted by Gasteiger charge is 2.43. The molecule has 0 spiro atoms. The number of amides is 1. The quantitative estimate of drug-likeness (QED) is 0.689. The number of alkyl halides is 3. The molecule has 172 valence electrons. The number of carbonyl (C=O) groups is 1. The molecule has 2 aromatic carbocycles. The number of benzene rings is 2. The first-order valence-corrected chi connectivity index (χ1v) is 12.1. The van der Waals surface area contributed by atoms with Crippen LogP contribution >= 0.6 is 0 Å². The number of carbonyl (C=O) groups excluding carboxylic acids is 1. The van der Waals surface area contributed by atoms with Gasteiger partial charge < -0.3 is 4.90 Å². The molecule has 0 atom stereocenters. The molecular weight excluding hydrogens is 441 g/mol. The molecule has 32 heavy (non-hydrogen) atoms. The average molecular weight is 467 g/mol. The van der Waals surface area contributed by atoms with E-state index in [1.54, 1.807) is 6.07 Å². The van der Waals surface area contributed by atoms with Gasteiger partial charge in [0, 0.05) is 26.2 Å². The van der Waals surface area contributed by atoms with Crippen molar-refractivity contribution >= 4 is 15.9 Å². The first kappa shape index (κ1) is 22.8. The van der Waals surface area contributed by atoms with Gasteiger partial charge in [0.25, 0.3) is 0 Å². The number of halogens is 3. The molecule has 1 saturated heterocycles. The largest absolute Gasteiger partial charge is 0.471 e. The SMILES string of the molecule is O=C(N1CCc2ccc(S(=O)(=O)N3CCC(Cc4ccccc4)CC3)cc2C1)C(F)(F)F. The summed E-state index contributed by atoms with van der Waals surface area (Å²) in [6, 6.07) is 14.7. The summed E-state index contributed by atoms with van der Waals surface area (Å²) >= 11 is 0. The number of sulfonamides is 1. The van der Waals surface area contributed by atoms with Crippen LogP contribution in [0.2, 0.25) is 0 Å². The summed E-state index contributed by atoms with van der Waals surface area (Å²) in [6.45, 7) is 0.549. The third kappa shape index (κ3) is 4.83. The molecule has 0 saturated carbocycles. The molecule has 9 heteroatoms. The lowest BCUT2D eigenvalue weighted by Gasteiger charge is -2.32. The number of fused-ring (bicyclic) bond motifs is 1. The van der Waals surface area contributed by atoms with Gasteiger partial charge in [-0.3, -0.25) is 4.79 Å². The van der Waals surface area contributed by atoms with Crippen LogP contribution in [0.5, 0.6) is 0 Å². The van der Waals surface area contributed by atoms with Crippen molar-refractivity contribution in [2.45, 2.75) is 43.3 Å². The third-order valence-electron chi connectivity index (χ3n) is 6.30. The molecular formula is C23H25F3N2O3S. The minimum absolute atomic E-state index is 0.0353. The Bertz CT molecular complexity index is 1080. The van der Waals surface area contributed by atoms with Crippen LogP contribution in [-0.2, 0) is 34.2 Å². The maximum atomic E-state index is 13.2.